The zero-order valence-corrected chi connectivity index (χ0v) is 11.3. The predicted octanol–water partition coefficient (Wildman–Crippen LogP) is 1.67. The largest absolute Gasteiger partial charge is 0.496 e. The Morgan fingerprint density at radius 2 is 2.33 bits per heavy atom. The van der Waals surface area contributed by atoms with Crippen LogP contribution in [0.5, 0.6) is 5.75 Å². The van der Waals surface area contributed by atoms with Crippen LogP contribution in [-0.2, 0) is 11.3 Å². The normalized spacial score (nSPS) is 19.4. The van der Waals surface area contributed by atoms with E-state index in [1.165, 1.54) is 0 Å². The summed E-state index contributed by atoms with van der Waals surface area (Å²) in [6.07, 6.45) is 0.835. The van der Waals surface area contributed by atoms with Crippen molar-refractivity contribution in [1.82, 2.24) is 10.2 Å². The average molecular weight is 269 g/mol. The fraction of sp³-hybridized carbons (Fsp3) is 0.462. The highest BCUT2D eigenvalue weighted by Gasteiger charge is 2.28. The number of amides is 1. The monoisotopic (exact) mass is 268 g/mol. The molecule has 5 heteroatoms. The predicted molar refractivity (Wildman–Crippen MR) is 70.9 cm³/mol. The average Bonchev–Trinajstić information content (AvgIpc) is 2.68. The molecule has 1 fully saturated rings. The van der Waals surface area contributed by atoms with Crippen LogP contribution in [0, 0.1) is 0 Å². The third-order valence-corrected chi connectivity index (χ3v) is 3.60. The molecule has 0 aromatic heterocycles. The lowest BCUT2D eigenvalue weighted by molar-refractivity contribution is -0.128. The summed E-state index contributed by atoms with van der Waals surface area (Å²) in [7, 11) is 3.43. The number of nitrogens with zero attached hydrogens (tertiary/aromatic N) is 1. The summed E-state index contributed by atoms with van der Waals surface area (Å²) in [5.74, 6) is 0.884. The molecule has 1 aliphatic heterocycles. The van der Waals surface area contributed by atoms with Gasteiger partial charge >= 0.3 is 0 Å². The van der Waals surface area contributed by atoms with Gasteiger partial charge in [-0.25, -0.2) is 0 Å². The summed E-state index contributed by atoms with van der Waals surface area (Å²) >= 11 is 6.14. The molecule has 0 aliphatic carbocycles. The number of ether oxygens (including phenoxy) is 1. The number of hydrogen-bond acceptors (Lipinski definition) is 3. The van der Waals surface area contributed by atoms with Gasteiger partial charge in [-0.1, -0.05) is 17.7 Å². The molecular weight excluding hydrogens is 252 g/mol. The number of carbonyl (C=O) groups is 1. The number of halogens is 1. The second kappa shape index (κ2) is 5.59. The van der Waals surface area contributed by atoms with Gasteiger partial charge in [-0.15, -0.1) is 0 Å². The van der Waals surface area contributed by atoms with Crippen LogP contribution < -0.4 is 10.1 Å². The third-order valence-electron chi connectivity index (χ3n) is 3.25. The van der Waals surface area contributed by atoms with Crippen LogP contribution in [0.15, 0.2) is 18.2 Å². The number of hydrogen-bond donors (Lipinski definition) is 1. The second-order valence-corrected chi connectivity index (χ2v) is 4.81. The van der Waals surface area contributed by atoms with Crippen LogP contribution in [-0.4, -0.2) is 37.6 Å². The van der Waals surface area contributed by atoms with Gasteiger partial charge in [-0.05, 0) is 18.6 Å². The van der Waals surface area contributed by atoms with Crippen LogP contribution >= 0.6 is 11.6 Å². The maximum absolute atomic E-state index is 11.8. The molecule has 0 radical (unpaired) electrons. The first-order valence-electron chi connectivity index (χ1n) is 5.93. The highest BCUT2D eigenvalue weighted by molar-refractivity contribution is 6.31. The lowest BCUT2D eigenvalue weighted by atomic mass is 10.1. The highest BCUT2D eigenvalue weighted by Crippen LogP contribution is 2.26. The van der Waals surface area contributed by atoms with Gasteiger partial charge in [-0.3, -0.25) is 4.79 Å². The molecule has 0 spiro atoms. The summed E-state index contributed by atoms with van der Waals surface area (Å²) < 4.78 is 5.27. The van der Waals surface area contributed by atoms with Crippen molar-refractivity contribution in [3.63, 3.8) is 0 Å². The number of rotatable bonds is 4. The van der Waals surface area contributed by atoms with Gasteiger partial charge in [-0.2, -0.15) is 0 Å². The number of methoxy groups -OCH3 is 1. The molecule has 98 valence electrons. The van der Waals surface area contributed by atoms with E-state index in [4.69, 9.17) is 16.3 Å². The van der Waals surface area contributed by atoms with Gasteiger partial charge in [0.25, 0.3) is 0 Å². The van der Waals surface area contributed by atoms with E-state index in [1.54, 1.807) is 12.0 Å². The lowest BCUT2D eigenvalue weighted by Crippen LogP contribution is -2.36. The zero-order chi connectivity index (χ0) is 13.1. The quantitative estimate of drug-likeness (QED) is 0.903. The standard InChI is InChI=1S/C13H17ClN2O2/c1-16-7-6-11(13(16)17)15-8-9-10(14)4-3-5-12(9)18-2/h3-5,11,15H,6-8H2,1-2H3. The van der Waals surface area contributed by atoms with E-state index in [-0.39, 0.29) is 11.9 Å². The van der Waals surface area contributed by atoms with Crippen molar-refractivity contribution in [2.45, 2.75) is 19.0 Å². The molecule has 18 heavy (non-hydrogen) atoms. The summed E-state index contributed by atoms with van der Waals surface area (Å²) in [5, 5.41) is 3.89. The van der Waals surface area contributed by atoms with Crippen molar-refractivity contribution in [2.75, 3.05) is 20.7 Å². The molecule has 1 heterocycles. The Hall–Kier alpha value is -1.26. The van der Waals surface area contributed by atoms with Gasteiger partial charge < -0.3 is 15.0 Å². The summed E-state index contributed by atoms with van der Waals surface area (Å²) in [6, 6.07) is 5.42. The first-order valence-corrected chi connectivity index (χ1v) is 6.31. The Bertz CT molecular complexity index is 451. The number of nitrogens with one attached hydrogen (secondary N) is 1. The molecule has 1 aromatic carbocycles. The van der Waals surface area contributed by atoms with Crippen LogP contribution in [0.2, 0.25) is 5.02 Å². The number of carbonyl (C=O) groups excluding carboxylic acids is 1. The maximum Gasteiger partial charge on any atom is 0.239 e. The lowest BCUT2D eigenvalue weighted by Gasteiger charge is -2.15. The molecule has 0 bridgehead atoms. The SMILES string of the molecule is COc1cccc(Cl)c1CNC1CCN(C)C1=O. The molecule has 1 aromatic rings. The Morgan fingerprint density at radius 1 is 1.56 bits per heavy atom. The minimum Gasteiger partial charge on any atom is -0.496 e. The van der Waals surface area contributed by atoms with E-state index in [2.05, 4.69) is 5.32 Å². The van der Waals surface area contributed by atoms with E-state index in [0.29, 0.717) is 11.6 Å². The number of likely N-dealkylation sites (tertiary alicyclic amines) is 1. The van der Waals surface area contributed by atoms with E-state index in [0.717, 1.165) is 24.3 Å². The topological polar surface area (TPSA) is 41.6 Å². The molecule has 1 aliphatic rings. The van der Waals surface area contributed by atoms with Crippen LogP contribution in [0.4, 0.5) is 0 Å². The third kappa shape index (κ3) is 2.60. The minimum absolute atomic E-state index is 0.115. The van der Waals surface area contributed by atoms with Crippen molar-refractivity contribution < 1.29 is 9.53 Å². The molecule has 1 N–H and O–H groups in total. The van der Waals surface area contributed by atoms with Crippen molar-refractivity contribution in [2.24, 2.45) is 0 Å². The van der Waals surface area contributed by atoms with Crippen molar-refractivity contribution in [3.05, 3.63) is 28.8 Å². The molecule has 1 amide bonds. The van der Waals surface area contributed by atoms with Gasteiger partial charge in [0.1, 0.15) is 5.75 Å². The van der Waals surface area contributed by atoms with Gasteiger partial charge in [0, 0.05) is 30.7 Å². The molecule has 1 atom stereocenters. The smallest absolute Gasteiger partial charge is 0.239 e. The van der Waals surface area contributed by atoms with E-state index < -0.39 is 0 Å². The Balaban J connectivity index is 2.04. The molecule has 4 nitrogen and oxygen atoms in total. The minimum atomic E-state index is -0.115. The molecular formula is C13H17ClN2O2. The van der Waals surface area contributed by atoms with Crippen LogP contribution in [0.25, 0.3) is 0 Å². The first kappa shape index (κ1) is 13.2. The number of benzene rings is 1. The Labute approximate surface area is 112 Å². The van der Waals surface area contributed by atoms with Gasteiger partial charge in [0.05, 0.1) is 13.2 Å². The van der Waals surface area contributed by atoms with Gasteiger partial charge in [0.15, 0.2) is 0 Å². The fourth-order valence-electron chi connectivity index (χ4n) is 2.14. The number of likely N-dealkylation sites (N-methyl/N-ethyl adjacent to an activating group) is 1. The van der Waals surface area contributed by atoms with Crippen molar-refractivity contribution in [1.29, 1.82) is 0 Å². The maximum atomic E-state index is 11.8. The summed E-state index contributed by atoms with van der Waals surface area (Å²) in [5.41, 5.74) is 0.893. The molecule has 2 rings (SSSR count). The van der Waals surface area contributed by atoms with Crippen LogP contribution in [0.1, 0.15) is 12.0 Å². The molecule has 0 saturated carbocycles. The zero-order valence-electron chi connectivity index (χ0n) is 10.6. The second-order valence-electron chi connectivity index (χ2n) is 4.40. The molecule has 1 unspecified atom stereocenters. The van der Waals surface area contributed by atoms with Crippen molar-refractivity contribution >= 4 is 17.5 Å². The van der Waals surface area contributed by atoms with E-state index in [9.17, 15) is 4.79 Å². The Morgan fingerprint density at radius 3 is 2.94 bits per heavy atom. The van der Waals surface area contributed by atoms with Crippen LogP contribution in [0.3, 0.4) is 0 Å². The summed E-state index contributed by atoms with van der Waals surface area (Å²) in [4.78, 5) is 13.5. The molecule has 1 saturated heterocycles. The Kier molecular flexibility index (Phi) is 4.09. The van der Waals surface area contributed by atoms with Gasteiger partial charge in [0.2, 0.25) is 5.91 Å². The first-order chi connectivity index (χ1) is 8.63. The van der Waals surface area contributed by atoms with Crippen molar-refractivity contribution in [3.8, 4) is 5.75 Å². The van der Waals surface area contributed by atoms with E-state index in [1.807, 2.05) is 25.2 Å². The summed E-state index contributed by atoms with van der Waals surface area (Å²) in [6.45, 7) is 1.34. The fourth-order valence-corrected chi connectivity index (χ4v) is 2.37. The van der Waals surface area contributed by atoms with E-state index >= 15 is 0 Å². The highest BCUT2D eigenvalue weighted by atomic mass is 35.5.